The molecule has 2 rings (SSSR count). The number of aromatic nitrogens is 3. The summed E-state index contributed by atoms with van der Waals surface area (Å²) in [5, 5.41) is 4.07. The summed E-state index contributed by atoms with van der Waals surface area (Å²) >= 11 is 5.02. The van der Waals surface area contributed by atoms with E-state index in [1.807, 2.05) is 19.1 Å². The van der Waals surface area contributed by atoms with Gasteiger partial charge in [0.05, 0.1) is 12.8 Å². The van der Waals surface area contributed by atoms with Gasteiger partial charge in [0.15, 0.2) is 0 Å². The van der Waals surface area contributed by atoms with Crippen molar-refractivity contribution in [3.05, 3.63) is 41.5 Å². The van der Waals surface area contributed by atoms with Gasteiger partial charge in [-0.15, -0.1) is 5.10 Å². The van der Waals surface area contributed by atoms with Gasteiger partial charge < -0.3 is 10.5 Å². The van der Waals surface area contributed by atoms with Crippen LogP contribution in [-0.2, 0) is 4.74 Å². The summed E-state index contributed by atoms with van der Waals surface area (Å²) in [5.41, 5.74) is 8.00. The van der Waals surface area contributed by atoms with E-state index in [0.717, 1.165) is 5.56 Å². The molecule has 1 aromatic heterocycles. The molecule has 2 N–H and O–H groups in total. The number of para-hydroxylation sites is 1. The lowest BCUT2D eigenvalue weighted by Gasteiger charge is -2.10. The number of ether oxygens (including phenoxy) is 1. The number of nitrogens with two attached hydrogens (primary N) is 1. The number of aryl methyl sites for hydroxylation is 1. The zero-order chi connectivity index (χ0) is 14.0. The molecule has 98 valence electrons. The molecule has 7 heteroatoms. The van der Waals surface area contributed by atoms with Crippen molar-refractivity contribution in [2.45, 2.75) is 6.92 Å². The molecule has 0 saturated carbocycles. The Morgan fingerprint density at radius 2 is 2.21 bits per heavy atom. The number of carbonyl (C=O) groups excluding carboxylic acids is 1. The average molecular weight is 276 g/mol. The fraction of sp³-hybridized carbons (Fsp3) is 0.167. The van der Waals surface area contributed by atoms with Crippen LogP contribution in [0.1, 0.15) is 21.7 Å². The highest BCUT2D eigenvalue weighted by Gasteiger charge is 2.15. The van der Waals surface area contributed by atoms with E-state index in [4.69, 9.17) is 18.0 Å². The van der Waals surface area contributed by atoms with Gasteiger partial charge >= 0.3 is 5.97 Å². The highest BCUT2D eigenvalue weighted by Crippen LogP contribution is 2.18. The van der Waals surface area contributed by atoms with E-state index in [2.05, 4.69) is 14.8 Å². The Bertz CT molecular complexity index is 651. The molecular formula is C12H12N4O2S. The molecule has 0 unspecified atom stereocenters. The lowest BCUT2D eigenvalue weighted by atomic mass is 10.1. The SMILES string of the molecule is COC(=O)c1ncn(-c2c(C)cccc2C(N)=S)n1. The van der Waals surface area contributed by atoms with Gasteiger partial charge in [-0.2, -0.15) is 0 Å². The van der Waals surface area contributed by atoms with Gasteiger partial charge in [-0.3, -0.25) is 0 Å². The topological polar surface area (TPSA) is 83.0 Å². The van der Waals surface area contributed by atoms with Crippen LogP contribution >= 0.6 is 12.2 Å². The third-order valence-electron chi connectivity index (χ3n) is 2.59. The maximum atomic E-state index is 11.4. The third kappa shape index (κ3) is 2.45. The molecular weight excluding hydrogens is 264 g/mol. The van der Waals surface area contributed by atoms with Crippen LogP contribution in [0.15, 0.2) is 24.5 Å². The Morgan fingerprint density at radius 3 is 2.84 bits per heavy atom. The number of rotatable bonds is 3. The van der Waals surface area contributed by atoms with Crippen LogP contribution in [-0.4, -0.2) is 32.8 Å². The van der Waals surface area contributed by atoms with Crippen molar-refractivity contribution >= 4 is 23.2 Å². The second-order valence-corrected chi connectivity index (χ2v) is 4.28. The molecule has 1 heterocycles. The zero-order valence-corrected chi connectivity index (χ0v) is 11.3. The minimum absolute atomic E-state index is 0.0142. The van der Waals surface area contributed by atoms with Gasteiger partial charge in [-0.1, -0.05) is 24.4 Å². The predicted octanol–water partition coefficient (Wildman–Crippen LogP) is 0.997. The van der Waals surface area contributed by atoms with Crippen molar-refractivity contribution in [3.8, 4) is 5.69 Å². The molecule has 0 atom stereocenters. The normalized spacial score (nSPS) is 10.2. The Labute approximate surface area is 115 Å². The number of methoxy groups -OCH3 is 1. The average Bonchev–Trinajstić information content (AvgIpc) is 2.86. The molecule has 6 nitrogen and oxygen atoms in total. The summed E-state index contributed by atoms with van der Waals surface area (Å²) in [5.74, 6) is -0.608. The second kappa shape index (κ2) is 5.15. The summed E-state index contributed by atoms with van der Waals surface area (Å²) in [4.78, 5) is 15.5. The molecule has 0 bridgehead atoms. The second-order valence-electron chi connectivity index (χ2n) is 3.84. The number of nitrogens with zero attached hydrogens (tertiary/aromatic N) is 3. The number of esters is 1. The van der Waals surface area contributed by atoms with E-state index in [9.17, 15) is 4.79 Å². The van der Waals surface area contributed by atoms with Crippen molar-refractivity contribution in [1.29, 1.82) is 0 Å². The van der Waals surface area contributed by atoms with Gasteiger partial charge in [-0.25, -0.2) is 14.5 Å². The standard InChI is InChI=1S/C12H12N4O2S/c1-7-4-3-5-8(10(13)19)9(7)16-6-14-11(15-16)12(17)18-2/h3-6H,1-2H3,(H2,13,19). The summed E-state index contributed by atoms with van der Waals surface area (Å²) in [6.07, 6.45) is 1.43. The predicted molar refractivity (Wildman–Crippen MR) is 73.3 cm³/mol. The molecule has 2 aromatic rings. The Balaban J connectivity index is 2.56. The fourth-order valence-corrected chi connectivity index (χ4v) is 1.88. The number of thiocarbonyl (C=S) groups is 1. The maximum Gasteiger partial charge on any atom is 0.377 e. The quantitative estimate of drug-likeness (QED) is 0.665. The van der Waals surface area contributed by atoms with Crippen molar-refractivity contribution in [2.24, 2.45) is 5.73 Å². The van der Waals surface area contributed by atoms with Gasteiger partial charge in [0.1, 0.15) is 11.3 Å². The molecule has 0 fully saturated rings. The first-order chi connectivity index (χ1) is 9.04. The molecule has 0 saturated heterocycles. The summed E-state index contributed by atoms with van der Waals surface area (Å²) in [6.45, 7) is 1.90. The minimum atomic E-state index is -0.593. The molecule has 1 aromatic carbocycles. The van der Waals surface area contributed by atoms with Gasteiger partial charge in [0.2, 0.25) is 0 Å². The van der Waals surface area contributed by atoms with Crippen molar-refractivity contribution in [1.82, 2.24) is 14.8 Å². The van der Waals surface area contributed by atoms with Crippen LogP contribution in [0, 0.1) is 6.92 Å². The van der Waals surface area contributed by atoms with E-state index in [-0.39, 0.29) is 10.8 Å². The largest absolute Gasteiger partial charge is 0.463 e. The minimum Gasteiger partial charge on any atom is -0.463 e. The van der Waals surface area contributed by atoms with Crippen molar-refractivity contribution in [2.75, 3.05) is 7.11 Å². The first kappa shape index (κ1) is 13.2. The fourth-order valence-electron chi connectivity index (χ4n) is 1.72. The van der Waals surface area contributed by atoms with Crippen molar-refractivity contribution < 1.29 is 9.53 Å². The van der Waals surface area contributed by atoms with Crippen LogP contribution in [0.3, 0.4) is 0 Å². The molecule has 19 heavy (non-hydrogen) atoms. The molecule has 0 aliphatic carbocycles. The van der Waals surface area contributed by atoms with Crippen LogP contribution in [0.2, 0.25) is 0 Å². The Morgan fingerprint density at radius 1 is 1.47 bits per heavy atom. The summed E-state index contributed by atoms with van der Waals surface area (Å²) < 4.78 is 6.03. The maximum absolute atomic E-state index is 11.4. The molecule has 0 aliphatic heterocycles. The van der Waals surface area contributed by atoms with E-state index in [1.165, 1.54) is 18.1 Å². The van der Waals surface area contributed by atoms with E-state index < -0.39 is 5.97 Å². The number of hydrogen-bond donors (Lipinski definition) is 1. The molecule has 0 radical (unpaired) electrons. The van der Waals surface area contributed by atoms with E-state index >= 15 is 0 Å². The third-order valence-corrected chi connectivity index (χ3v) is 2.81. The number of benzene rings is 1. The smallest absolute Gasteiger partial charge is 0.377 e. The first-order valence-electron chi connectivity index (χ1n) is 5.44. The molecule has 0 amide bonds. The van der Waals surface area contributed by atoms with Crippen molar-refractivity contribution in [3.63, 3.8) is 0 Å². The van der Waals surface area contributed by atoms with Crippen LogP contribution < -0.4 is 5.73 Å². The lowest BCUT2D eigenvalue weighted by molar-refractivity contribution is 0.0587. The van der Waals surface area contributed by atoms with Crippen LogP contribution in [0.4, 0.5) is 0 Å². The molecule has 0 spiro atoms. The zero-order valence-electron chi connectivity index (χ0n) is 10.5. The highest BCUT2D eigenvalue weighted by atomic mass is 32.1. The van der Waals surface area contributed by atoms with E-state index in [1.54, 1.807) is 6.07 Å². The molecule has 0 aliphatic rings. The summed E-state index contributed by atoms with van der Waals surface area (Å²) in [7, 11) is 1.28. The van der Waals surface area contributed by atoms with Gasteiger partial charge in [0.25, 0.3) is 5.82 Å². The number of carbonyl (C=O) groups is 1. The number of hydrogen-bond acceptors (Lipinski definition) is 5. The van der Waals surface area contributed by atoms with Gasteiger partial charge in [-0.05, 0) is 18.6 Å². The van der Waals surface area contributed by atoms with Crippen LogP contribution in [0.5, 0.6) is 0 Å². The first-order valence-corrected chi connectivity index (χ1v) is 5.85. The Hall–Kier alpha value is -2.28. The Kier molecular flexibility index (Phi) is 3.57. The van der Waals surface area contributed by atoms with Gasteiger partial charge in [0, 0.05) is 5.56 Å². The van der Waals surface area contributed by atoms with E-state index in [0.29, 0.717) is 11.3 Å². The summed E-state index contributed by atoms with van der Waals surface area (Å²) in [6, 6.07) is 5.55. The monoisotopic (exact) mass is 276 g/mol. The lowest BCUT2D eigenvalue weighted by Crippen LogP contribution is -2.15. The van der Waals surface area contributed by atoms with Crippen LogP contribution in [0.25, 0.3) is 5.69 Å². The highest BCUT2D eigenvalue weighted by molar-refractivity contribution is 7.80.